The zero-order valence-corrected chi connectivity index (χ0v) is 32.3. The van der Waals surface area contributed by atoms with Crippen LogP contribution in [-0.2, 0) is 19.1 Å². The number of esters is 1. The maximum absolute atomic E-state index is 13.6. The number of phenols is 1. The number of anilines is 3. The van der Waals surface area contributed by atoms with E-state index in [4.69, 9.17) is 15.5 Å². The van der Waals surface area contributed by atoms with Crippen LogP contribution in [-0.4, -0.2) is 142 Å². The lowest BCUT2D eigenvalue weighted by Gasteiger charge is -2.40. The number of likely N-dealkylation sites (tertiary alicyclic amines) is 2. The SMILES string of the molecule is C=CC(=O)N1CCN(c2cc(C(=O)Nc3cc(O)cc4ccccc34)nc(NC[C@@H]3CCCN3CCO)n2)C[C@@H]1CC#N.CCOC(=O)CN1CCC[C@H]1C(N)=O. The first-order valence-corrected chi connectivity index (χ1v) is 19.3. The van der Waals surface area contributed by atoms with E-state index in [1.165, 1.54) is 12.1 Å². The summed E-state index contributed by atoms with van der Waals surface area (Å²) in [5, 5.41) is 36.9. The molecule has 4 heterocycles. The number of hydrogen-bond donors (Lipinski definition) is 5. The van der Waals surface area contributed by atoms with Gasteiger partial charge in [0.05, 0.1) is 50.0 Å². The molecule has 6 N–H and O–H groups in total. The third-order valence-electron chi connectivity index (χ3n) is 10.3. The van der Waals surface area contributed by atoms with Crippen molar-refractivity contribution < 1.29 is 34.1 Å². The quantitative estimate of drug-likeness (QED) is 0.116. The molecule has 1 aromatic heterocycles. The molecule has 17 nitrogen and oxygen atoms in total. The lowest BCUT2D eigenvalue weighted by atomic mass is 10.1. The van der Waals surface area contributed by atoms with Crippen LogP contribution in [0, 0.1) is 11.3 Å². The molecule has 57 heavy (non-hydrogen) atoms. The Balaban J connectivity index is 0.000000374. The van der Waals surface area contributed by atoms with E-state index in [0.29, 0.717) is 50.8 Å². The molecule has 3 aromatic rings. The van der Waals surface area contributed by atoms with E-state index < -0.39 is 5.91 Å². The second-order valence-corrected chi connectivity index (χ2v) is 14.1. The largest absolute Gasteiger partial charge is 0.508 e. The molecule has 6 rings (SSSR count). The second-order valence-electron chi connectivity index (χ2n) is 14.1. The maximum atomic E-state index is 13.6. The second kappa shape index (κ2) is 20.4. The highest BCUT2D eigenvalue weighted by Gasteiger charge is 2.32. The van der Waals surface area contributed by atoms with Crippen LogP contribution in [0.25, 0.3) is 10.8 Å². The van der Waals surface area contributed by atoms with Crippen molar-refractivity contribution >= 4 is 51.9 Å². The first kappa shape index (κ1) is 42.3. The van der Waals surface area contributed by atoms with Gasteiger partial charge in [-0.25, -0.2) is 4.98 Å². The molecular formula is C40H52N10O7. The number of nitrogens with two attached hydrogens (primary N) is 1. The highest BCUT2D eigenvalue weighted by Crippen LogP contribution is 2.30. The summed E-state index contributed by atoms with van der Waals surface area (Å²) in [5.74, 6) is -0.547. The number of carbonyl (C=O) groups excluding carboxylic acids is 4. The van der Waals surface area contributed by atoms with E-state index in [2.05, 4.69) is 33.2 Å². The molecular weight excluding hydrogens is 733 g/mol. The number of phenolic OH excluding ortho intramolecular Hbond substituents is 1. The van der Waals surface area contributed by atoms with Gasteiger partial charge in [-0.3, -0.25) is 29.0 Å². The van der Waals surface area contributed by atoms with E-state index in [1.54, 1.807) is 28.9 Å². The molecule has 0 unspecified atom stereocenters. The van der Waals surface area contributed by atoms with Gasteiger partial charge in [-0.2, -0.15) is 10.2 Å². The van der Waals surface area contributed by atoms with Crippen molar-refractivity contribution in [1.82, 2.24) is 24.7 Å². The summed E-state index contributed by atoms with van der Waals surface area (Å²) >= 11 is 0. The number of piperazine rings is 1. The van der Waals surface area contributed by atoms with E-state index in [-0.39, 0.29) is 72.9 Å². The number of aromatic nitrogens is 2. The van der Waals surface area contributed by atoms with Crippen LogP contribution in [0.15, 0.2) is 55.1 Å². The molecule has 3 atom stereocenters. The van der Waals surface area contributed by atoms with Crippen LogP contribution in [0.2, 0.25) is 0 Å². The molecule has 0 saturated carbocycles. The minimum atomic E-state index is -0.473. The first-order valence-electron chi connectivity index (χ1n) is 19.3. The Labute approximate surface area is 332 Å². The standard InChI is InChI=1S/C31H36N8O4.C9H16N2O3/c1-2-29(42)39-13-12-38(20-23(39)9-10-32)28-18-27(35-31(36-28)33-19-22-7-5-11-37(22)14-15-40)30(43)34-26-17-24(41)16-21-6-3-4-8-25(21)26;1-2-14-8(12)6-11-5-3-4-7(11)9(10)13/h2-4,6,8,16-18,22-23,40-41H,1,5,7,9,11-15,19-20H2,(H,34,43)(H,33,35,36);7H,2-6H2,1H3,(H2,10,13)/t22-,23-;7-/m00/s1. The lowest BCUT2D eigenvalue weighted by molar-refractivity contribution is -0.145. The number of nitrogens with one attached hydrogen (secondary N) is 2. The number of ether oxygens (including phenoxy) is 1. The number of nitrogens with zero attached hydrogens (tertiary/aromatic N) is 7. The number of amides is 3. The minimum absolute atomic E-state index is 0.0270. The number of nitriles is 1. The van der Waals surface area contributed by atoms with Crippen LogP contribution < -0.4 is 21.3 Å². The van der Waals surface area contributed by atoms with Crippen LogP contribution in [0.1, 0.15) is 49.5 Å². The van der Waals surface area contributed by atoms with Crippen LogP contribution >= 0.6 is 0 Å². The summed E-state index contributed by atoms with van der Waals surface area (Å²) in [5.41, 5.74) is 5.78. The smallest absolute Gasteiger partial charge is 0.320 e. The van der Waals surface area contributed by atoms with Crippen LogP contribution in [0.3, 0.4) is 0 Å². The van der Waals surface area contributed by atoms with Gasteiger partial charge in [0.2, 0.25) is 17.8 Å². The van der Waals surface area contributed by atoms with E-state index in [1.807, 2.05) is 29.2 Å². The summed E-state index contributed by atoms with van der Waals surface area (Å²) in [6, 6.07) is 13.9. The number of carbonyl (C=O) groups is 4. The van der Waals surface area contributed by atoms with Crippen LogP contribution in [0.5, 0.6) is 5.75 Å². The highest BCUT2D eigenvalue weighted by molar-refractivity contribution is 6.09. The molecule has 3 saturated heterocycles. The number of primary amides is 1. The predicted octanol–water partition coefficient (Wildman–Crippen LogP) is 2.07. The number of aromatic hydroxyl groups is 1. The number of aliphatic hydroxyl groups excluding tert-OH is 1. The van der Waals surface area contributed by atoms with Crippen molar-refractivity contribution in [1.29, 1.82) is 5.26 Å². The molecule has 3 fully saturated rings. The van der Waals surface area contributed by atoms with Crippen molar-refractivity contribution in [3.8, 4) is 11.8 Å². The molecule has 3 amide bonds. The van der Waals surface area contributed by atoms with Gasteiger partial charge in [-0.1, -0.05) is 30.8 Å². The van der Waals surface area contributed by atoms with E-state index in [0.717, 1.165) is 49.5 Å². The Morgan fingerprint density at radius 3 is 2.56 bits per heavy atom. The summed E-state index contributed by atoms with van der Waals surface area (Å²) < 4.78 is 4.80. The minimum Gasteiger partial charge on any atom is -0.508 e. The van der Waals surface area contributed by atoms with Gasteiger partial charge in [-0.05, 0) is 63.2 Å². The molecule has 0 aliphatic carbocycles. The predicted molar refractivity (Wildman–Crippen MR) is 214 cm³/mol. The summed E-state index contributed by atoms with van der Waals surface area (Å²) in [6.07, 6.45) is 5.06. The lowest BCUT2D eigenvalue weighted by Crippen LogP contribution is -2.55. The molecule has 3 aliphatic rings. The maximum Gasteiger partial charge on any atom is 0.320 e. The van der Waals surface area contributed by atoms with Gasteiger partial charge in [0, 0.05) is 56.3 Å². The molecule has 0 bridgehead atoms. The number of benzene rings is 2. The van der Waals surface area contributed by atoms with Gasteiger partial charge < -0.3 is 41.1 Å². The zero-order valence-electron chi connectivity index (χ0n) is 32.3. The molecule has 17 heteroatoms. The number of aliphatic hydroxyl groups is 1. The van der Waals surface area contributed by atoms with Gasteiger partial charge in [-0.15, -0.1) is 0 Å². The third-order valence-corrected chi connectivity index (χ3v) is 10.3. The molecule has 2 aromatic carbocycles. The van der Waals surface area contributed by atoms with Gasteiger partial charge in [0.15, 0.2) is 0 Å². The number of rotatable bonds is 14. The average molecular weight is 785 g/mol. The summed E-state index contributed by atoms with van der Waals surface area (Å²) in [4.78, 5) is 65.1. The fourth-order valence-electron chi connectivity index (χ4n) is 7.60. The fraction of sp³-hybridized carbons (Fsp3) is 0.475. The van der Waals surface area contributed by atoms with Gasteiger partial charge >= 0.3 is 5.97 Å². The highest BCUT2D eigenvalue weighted by atomic mass is 16.5. The molecule has 0 radical (unpaired) electrons. The Hall–Kier alpha value is -5.83. The van der Waals surface area contributed by atoms with Crippen molar-refractivity contribution in [3.05, 3.63) is 60.8 Å². The number of fused-ring (bicyclic) bond motifs is 1. The Kier molecular flexibility index (Phi) is 15.1. The Morgan fingerprint density at radius 2 is 1.82 bits per heavy atom. The summed E-state index contributed by atoms with van der Waals surface area (Å²) in [7, 11) is 0. The van der Waals surface area contributed by atoms with Gasteiger partial charge in [0.25, 0.3) is 5.91 Å². The molecule has 304 valence electrons. The third kappa shape index (κ3) is 11.2. The fourth-order valence-corrected chi connectivity index (χ4v) is 7.60. The van der Waals surface area contributed by atoms with Crippen molar-refractivity contribution in [2.75, 3.05) is 81.1 Å². The normalized spacial score (nSPS) is 19.6. The first-order chi connectivity index (χ1) is 27.5. The monoisotopic (exact) mass is 784 g/mol. The molecule has 3 aliphatic heterocycles. The summed E-state index contributed by atoms with van der Waals surface area (Å²) in [6.45, 7) is 9.93. The van der Waals surface area contributed by atoms with Crippen molar-refractivity contribution in [3.63, 3.8) is 0 Å². The van der Waals surface area contributed by atoms with Crippen molar-refractivity contribution in [2.45, 2.75) is 57.2 Å². The zero-order chi connectivity index (χ0) is 40.9. The van der Waals surface area contributed by atoms with E-state index >= 15 is 0 Å². The van der Waals surface area contributed by atoms with Crippen LogP contribution in [0.4, 0.5) is 17.5 Å². The average Bonchev–Trinajstić information content (AvgIpc) is 3.86. The Bertz CT molecular complexity index is 1960. The number of hydrogen-bond acceptors (Lipinski definition) is 14. The van der Waals surface area contributed by atoms with E-state index in [9.17, 15) is 34.7 Å². The Morgan fingerprint density at radius 1 is 1.05 bits per heavy atom. The topological polar surface area (TPSA) is 231 Å². The van der Waals surface area contributed by atoms with Gasteiger partial charge in [0.1, 0.15) is 17.3 Å². The number of β-amino-alcohol motifs (C(OH)–C–C–N with tert-alkyl or cyclic N) is 1. The van der Waals surface area contributed by atoms with Crippen molar-refractivity contribution in [2.24, 2.45) is 5.73 Å². The molecule has 0 spiro atoms.